The molecule has 0 spiro atoms. The monoisotopic (exact) mass is 454 g/mol. The van der Waals surface area contributed by atoms with Crippen LogP contribution in [0.25, 0.3) is 0 Å². The van der Waals surface area contributed by atoms with Crippen LogP contribution in [-0.2, 0) is 28.3 Å². The van der Waals surface area contributed by atoms with E-state index in [9.17, 15) is 23.3 Å². The molecule has 13 heteroatoms. The van der Waals surface area contributed by atoms with Crippen molar-refractivity contribution >= 4 is 33.4 Å². The van der Waals surface area contributed by atoms with Gasteiger partial charge in [0.1, 0.15) is 5.82 Å². The molecule has 30 heavy (non-hydrogen) atoms. The van der Waals surface area contributed by atoms with Crippen LogP contribution in [0.5, 0.6) is 0 Å². The number of aromatic nitrogens is 3. The summed E-state index contributed by atoms with van der Waals surface area (Å²) in [5.41, 5.74) is -0.281. The van der Waals surface area contributed by atoms with Crippen LogP contribution >= 0.6 is 11.8 Å². The minimum Gasteiger partial charge on any atom is -0.339 e. The van der Waals surface area contributed by atoms with Crippen molar-refractivity contribution in [2.24, 2.45) is 7.05 Å². The maximum absolute atomic E-state index is 12.8. The number of non-ortho nitro benzene ring substituents is 1. The van der Waals surface area contributed by atoms with Gasteiger partial charge in [0, 0.05) is 51.8 Å². The fourth-order valence-corrected chi connectivity index (χ4v) is 5.38. The number of amides is 1. The summed E-state index contributed by atoms with van der Waals surface area (Å²) in [6.45, 7) is 2.75. The van der Waals surface area contributed by atoms with Crippen LogP contribution in [0.3, 0.4) is 0 Å². The minimum absolute atomic E-state index is 0.103. The third-order valence-electron chi connectivity index (χ3n) is 4.82. The van der Waals surface area contributed by atoms with E-state index in [1.165, 1.54) is 34.3 Å². The average Bonchev–Trinajstić information content (AvgIpc) is 3.11. The second-order valence-corrected chi connectivity index (χ2v) is 9.52. The van der Waals surface area contributed by atoms with E-state index >= 15 is 0 Å². The highest BCUT2D eigenvalue weighted by atomic mass is 32.2. The van der Waals surface area contributed by atoms with Gasteiger partial charge in [-0.2, -0.15) is 4.31 Å². The van der Waals surface area contributed by atoms with E-state index in [1.807, 2.05) is 18.5 Å². The van der Waals surface area contributed by atoms with E-state index < -0.39 is 14.9 Å². The predicted octanol–water partition coefficient (Wildman–Crippen LogP) is 0.911. The van der Waals surface area contributed by atoms with E-state index in [-0.39, 0.29) is 48.4 Å². The van der Waals surface area contributed by atoms with Crippen LogP contribution in [0, 0.1) is 10.1 Å². The molecule has 1 fully saturated rings. The van der Waals surface area contributed by atoms with Crippen LogP contribution in [0.1, 0.15) is 12.7 Å². The zero-order valence-corrected chi connectivity index (χ0v) is 18.2. The molecule has 162 valence electrons. The molecule has 2 heterocycles. The first-order valence-corrected chi connectivity index (χ1v) is 11.7. The van der Waals surface area contributed by atoms with Gasteiger partial charge in [0.25, 0.3) is 5.69 Å². The molecule has 0 atom stereocenters. The summed E-state index contributed by atoms with van der Waals surface area (Å²) < 4.78 is 28.7. The number of carbonyl (C=O) groups excluding carboxylic acids is 1. The quantitative estimate of drug-likeness (QED) is 0.343. The SMILES string of the molecule is CCc1nnc(SCC(=O)N2CCN(S(=O)(=O)c3cccc([N+](=O)[O-])c3)CC2)n1C. The standard InChI is InChI=1S/C17H22N6O5S2/c1-3-15-18-19-17(20(15)2)29-12-16(24)21-7-9-22(10-8-21)30(27,28)14-6-4-5-13(11-14)23(25)26/h4-6,11H,3,7-10,12H2,1-2H3. The zero-order valence-electron chi connectivity index (χ0n) is 16.6. The molecule has 0 N–H and O–H groups in total. The van der Waals surface area contributed by atoms with Crippen LogP contribution in [-0.4, -0.2) is 75.1 Å². The van der Waals surface area contributed by atoms with Crippen LogP contribution < -0.4 is 0 Å². The number of hydrogen-bond donors (Lipinski definition) is 0. The van der Waals surface area contributed by atoms with E-state index in [4.69, 9.17) is 0 Å². The number of nitro groups is 1. The van der Waals surface area contributed by atoms with Gasteiger partial charge in [-0.25, -0.2) is 8.42 Å². The van der Waals surface area contributed by atoms with Crippen molar-refractivity contribution in [1.29, 1.82) is 0 Å². The normalized spacial score (nSPS) is 15.3. The molecule has 2 aromatic rings. The molecule has 1 aromatic carbocycles. The molecular formula is C17H22N6O5S2. The van der Waals surface area contributed by atoms with Crippen molar-refractivity contribution in [2.45, 2.75) is 23.4 Å². The Morgan fingerprint density at radius 3 is 2.53 bits per heavy atom. The second kappa shape index (κ2) is 9.10. The highest BCUT2D eigenvalue weighted by Gasteiger charge is 2.31. The Bertz CT molecular complexity index is 1050. The van der Waals surface area contributed by atoms with Crippen molar-refractivity contribution in [2.75, 3.05) is 31.9 Å². The molecular weight excluding hydrogens is 432 g/mol. The Balaban J connectivity index is 1.58. The predicted molar refractivity (Wildman–Crippen MR) is 110 cm³/mol. The summed E-state index contributed by atoms with van der Waals surface area (Å²) in [4.78, 5) is 24.3. The summed E-state index contributed by atoms with van der Waals surface area (Å²) in [7, 11) is -2.01. The number of thioether (sulfide) groups is 1. The fourth-order valence-electron chi connectivity index (χ4n) is 3.08. The summed E-state index contributed by atoms with van der Waals surface area (Å²) in [6, 6.07) is 4.98. The molecule has 0 bridgehead atoms. The molecule has 0 saturated carbocycles. The maximum atomic E-state index is 12.8. The van der Waals surface area contributed by atoms with E-state index in [0.29, 0.717) is 5.16 Å². The highest BCUT2D eigenvalue weighted by Crippen LogP contribution is 2.23. The third-order valence-corrected chi connectivity index (χ3v) is 7.72. The minimum atomic E-state index is -3.86. The summed E-state index contributed by atoms with van der Waals surface area (Å²) >= 11 is 1.29. The number of piperazine rings is 1. The molecule has 1 aliphatic heterocycles. The smallest absolute Gasteiger partial charge is 0.270 e. The summed E-state index contributed by atoms with van der Waals surface area (Å²) in [5, 5.41) is 19.7. The Labute approximate surface area is 178 Å². The van der Waals surface area contributed by atoms with Gasteiger partial charge in [0.15, 0.2) is 5.16 Å². The molecule has 3 rings (SSSR count). The lowest BCUT2D eigenvalue weighted by Crippen LogP contribution is -2.51. The van der Waals surface area contributed by atoms with Crippen LogP contribution in [0.4, 0.5) is 5.69 Å². The van der Waals surface area contributed by atoms with Crippen molar-refractivity contribution in [1.82, 2.24) is 24.0 Å². The number of nitrogens with zero attached hydrogens (tertiary/aromatic N) is 6. The van der Waals surface area contributed by atoms with Crippen molar-refractivity contribution < 1.29 is 18.1 Å². The topological polar surface area (TPSA) is 132 Å². The molecule has 11 nitrogen and oxygen atoms in total. The zero-order chi connectivity index (χ0) is 21.9. The Morgan fingerprint density at radius 1 is 1.23 bits per heavy atom. The lowest BCUT2D eigenvalue weighted by atomic mass is 10.3. The van der Waals surface area contributed by atoms with E-state index in [0.717, 1.165) is 18.3 Å². The lowest BCUT2D eigenvalue weighted by Gasteiger charge is -2.33. The summed E-state index contributed by atoms with van der Waals surface area (Å²) in [6.07, 6.45) is 0.749. The van der Waals surface area contributed by atoms with Crippen molar-refractivity contribution in [3.05, 3.63) is 40.2 Å². The molecule has 0 aliphatic carbocycles. The summed E-state index contributed by atoms with van der Waals surface area (Å²) in [5.74, 6) is 0.922. The van der Waals surface area contributed by atoms with Gasteiger partial charge in [0.2, 0.25) is 15.9 Å². The van der Waals surface area contributed by atoms with Gasteiger partial charge in [-0.1, -0.05) is 24.8 Å². The second-order valence-electron chi connectivity index (χ2n) is 6.64. The molecule has 0 unspecified atom stereocenters. The maximum Gasteiger partial charge on any atom is 0.270 e. The highest BCUT2D eigenvalue weighted by molar-refractivity contribution is 7.99. The van der Waals surface area contributed by atoms with Crippen LogP contribution in [0.2, 0.25) is 0 Å². The Morgan fingerprint density at radius 2 is 1.93 bits per heavy atom. The number of aryl methyl sites for hydroxylation is 1. The number of benzene rings is 1. The van der Waals surface area contributed by atoms with Crippen molar-refractivity contribution in [3.63, 3.8) is 0 Å². The number of hydrogen-bond acceptors (Lipinski definition) is 8. The first kappa shape index (κ1) is 22.2. The largest absolute Gasteiger partial charge is 0.339 e. The van der Waals surface area contributed by atoms with Gasteiger partial charge < -0.3 is 9.47 Å². The van der Waals surface area contributed by atoms with E-state index in [1.54, 1.807) is 4.90 Å². The number of sulfonamides is 1. The van der Waals surface area contributed by atoms with Gasteiger partial charge >= 0.3 is 0 Å². The molecule has 1 amide bonds. The van der Waals surface area contributed by atoms with Gasteiger partial charge in [-0.05, 0) is 6.07 Å². The number of carbonyl (C=O) groups is 1. The van der Waals surface area contributed by atoms with Gasteiger partial charge in [-0.15, -0.1) is 10.2 Å². The molecule has 1 aliphatic rings. The molecule has 0 radical (unpaired) electrons. The van der Waals surface area contributed by atoms with Gasteiger partial charge in [0.05, 0.1) is 15.6 Å². The van der Waals surface area contributed by atoms with Crippen molar-refractivity contribution in [3.8, 4) is 0 Å². The first-order valence-electron chi connectivity index (χ1n) is 9.27. The molecule has 1 saturated heterocycles. The first-order chi connectivity index (χ1) is 14.2. The lowest BCUT2D eigenvalue weighted by molar-refractivity contribution is -0.385. The Hall–Kier alpha value is -2.51. The third kappa shape index (κ3) is 4.63. The van der Waals surface area contributed by atoms with Crippen LogP contribution in [0.15, 0.2) is 34.3 Å². The van der Waals surface area contributed by atoms with Gasteiger partial charge in [-0.3, -0.25) is 14.9 Å². The van der Waals surface area contributed by atoms with E-state index in [2.05, 4.69) is 10.2 Å². The fraction of sp³-hybridized carbons (Fsp3) is 0.471. The number of rotatable bonds is 7. The average molecular weight is 455 g/mol. The Kier molecular flexibility index (Phi) is 6.73. The number of nitro benzene ring substituents is 1. The molecule has 1 aromatic heterocycles.